The van der Waals surface area contributed by atoms with Crippen LogP contribution in [0.15, 0.2) is 66.6 Å². The van der Waals surface area contributed by atoms with Gasteiger partial charge in [-0.2, -0.15) is 0 Å². The summed E-state index contributed by atoms with van der Waals surface area (Å²) in [5.74, 6) is 0.547. The first-order valence-electron chi connectivity index (χ1n) is 19.1. The average molecular weight is 946 g/mol. The number of rotatable bonds is 12. The number of aliphatic hydroxyl groups excluding tert-OH is 1. The Balaban J connectivity index is 0.000000374. The fourth-order valence-electron chi connectivity index (χ4n) is 7.75. The third-order valence-corrected chi connectivity index (χ3v) is 19.9. The van der Waals surface area contributed by atoms with Gasteiger partial charge in [0.2, 0.25) is 0 Å². The van der Waals surface area contributed by atoms with Crippen molar-refractivity contribution in [2.45, 2.75) is 125 Å². The third kappa shape index (κ3) is 9.07. The molecule has 0 saturated carbocycles. The Hall–Kier alpha value is -2.33. The van der Waals surface area contributed by atoms with E-state index >= 15 is 0 Å². The van der Waals surface area contributed by atoms with Crippen LogP contribution in [0.2, 0.25) is 18.1 Å². The van der Waals surface area contributed by atoms with Crippen LogP contribution in [-0.4, -0.2) is 38.5 Å². The molecule has 5 aromatic rings. The summed E-state index contributed by atoms with van der Waals surface area (Å²) < 4.78 is 3.02. The maximum Gasteiger partial charge on any atom is 0 e. The molecule has 277 valence electrons. The van der Waals surface area contributed by atoms with E-state index in [1.165, 1.54) is 55.6 Å². The van der Waals surface area contributed by atoms with Crippen LogP contribution in [0.1, 0.15) is 106 Å². The number of carbonyl (C=O) groups is 1. The Bertz CT molecular complexity index is 1950. The smallest absolute Gasteiger partial charge is 0 e. The molecule has 1 radical (unpaired) electrons. The Morgan fingerprint density at radius 2 is 1.43 bits per heavy atom. The molecule has 0 atom stereocenters. The standard InChI is InChI=1S/C32H36NSeSi.C13H24O2.Ir/c1-8-35(9-2,10-3)28-16-15-25-26-17-18-33-29(31(26)34-30(25)21(28)4)23-19-22-13-11-12-14-24(22)27(20-23)32(5,6)7;1-5-10(6-2)12(14)9-13(15)11(7-3)8-4;/h11-18,20H,8-10H2,1-7H3;9-11,14H,5-8H2,1-4H3;/q-1;;/b;12-9-;. The molecule has 0 unspecified atom stereocenters. The van der Waals surface area contributed by atoms with Crippen LogP contribution in [-0.2, 0) is 30.3 Å². The van der Waals surface area contributed by atoms with E-state index in [9.17, 15) is 9.90 Å². The van der Waals surface area contributed by atoms with E-state index in [1.54, 1.807) is 15.0 Å². The Labute approximate surface area is 328 Å². The fraction of sp³-hybridized carbons (Fsp3) is 0.467. The van der Waals surface area contributed by atoms with Crippen LogP contribution in [0, 0.1) is 24.8 Å². The summed E-state index contributed by atoms with van der Waals surface area (Å²) in [5.41, 5.74) is 5.25. The number of nitrogens with zero attached hydrogens (tertiary/aromatic N) is 1. The van der Waals surface area contributed by atoms with Crippen LogP contribution < -0.4 is 5.19 Å². The van der Waals surface area contributed by atoms with Crippen LogP contribution in [0.3, 0.4) is 0 Å². The first-order chi connectivity index (χ1) is 23.8. The molecule has 5 rings (SSSR count). The number of hydrogen-bond donors (Lipinski definition) is 1. The van der Waals surface area contributed by atoms with Gasteiger partial charge in [0.1, 0.15) is 0 Å². The molecule has 0 fully saturated rings. The second-order valence-corrected chi connectivity index (χ2v) is 22.3. The number of carbonyl (C=O) groups excluding carboxylic acids is 1. The van der Waals surface area contributed by atoms with Crippen LogP contribution in [0.4, 0.5) is 0 Å². The van der Waals surface area contributed by atoms with Gasteiger partial charge in [0.25, 0.3) is 0 Å². The van der Waals surface area contributed by atoms with Gasteiger partial charge in [0.05, 0.1) is 5.76 Å². The minimum Gasteiger partial charge on any atom is 0 e. The van der Waals surface area contributed by atoms with Gasteiger partial charge in [-0.1, -0.05) is 27.7 Å². The number of hydrogen-bond acceptors (Lipinski definition) is 3. The van der Waals surface area contributed by atoms with Crippen molar-refractivity contribution in [2.75, 3.05) is 0 Å². The minimum absolute atomic E-state index is 0. The summed E-state index contributed by atoms with van der Waals surface area (Å²) >= 11 is 0.255. The number of benzene rings is 3. The molecule has 3 aromatic carbocycles. The second-order valence-electron chi connectivity index (χ2n) is 15.0. The fourth-order valence-corrected chi connectivity index (χ4v) is 14.7. The zero-order valence-corrected chi connectivity index (χ0v) is 38.0. The third-order valence-electron chi connectivity index (χ3n) is 11.3. The first-order valence-corrected chi connectivity index (χ1v) is 23.4. The molecule has 0 bridgehead atoms. The van der Waals surface area contributed by atoms with Gasteiger partial charge in [0, 0.05) is 38.0 Å². The molecule has 6 heteroatoms. The molecule has 0 aliphatic rings. The van der Waals surface area contributed by atoms with Gasteiger partial charge in [-0.3, -0.25) is 4.79 Å². The molecule has 1 N–H and O–H groups in total. The molecule has 0 spiro atoms. The van der Waals surface area contributed by atoms with Gasteiger partial charge in [-0.25, -0.2) is 0 Å². The molecule has 2 heterocycles. The minimum atomic E-state index is -1.43. The van der Waals surface area contributed by atoms with Gasteiger partial charge in [-0.05, 0) is 25.7 Å². The molecule has 0 aliphatic carbocycles. The van der Waals surface area contributed by atoms with Gasteiger partial charge < -0.3 is 5.11 Å². The van der Waals surface area contributed by atoms with Crippen molar-refractivity contribution >= 4 is 63.6 Å². The first kappa shape index (κ1) is 43.1. The zero-order chi connectivity index (χ0) is 36.8. The number of ketones is 1. The Kier molecular flexibility index (Phi) is 15.7. The molecule has 3 nitrogen and oxygen atoms in total. The topological polar surface area (TPSA) is 50.2 Å². The molecule has 51 heavy (non-hydrogen) atoms. The van der Waals surface area contributed by atoms with Crippen molar-refractivity contribution in [3.05, 3.63) is 83.8 Å². The maximum absolute atomic E-state index is 11.7. The number of allylic oxidation sites excluding steroid dienone is 2. The predicted molar refractivity (Wildman–Crippen MR) is 222 cm³/mol. The molecular formula is C45H60IrNO2SeSi-. The van der Waals surface area contributed by atoms with E-state index in [0.29, 0.717) is 0 Å². The van der Waals surface area contributed by atoms with Gasteiger partial charge in [-0.15, -0.1) is 0 Å². The van der Waals surface area contributed by atoms with E-state index in [1.807, 2.05) is 33.9 Å². The van der Waals surface area contributed by atoms with Crippen LogP contribution in [0.25, 0.3) is 41.3 Å². The summed E-state index contributed by atoms with van der Waals surface area (Å²) in [6.45, 7) is 24.6. The van der Waals surface area contributed by atoms with E-state index in [2.05, 4.69) is 103 Å². The summed E-state index contributed by atoms with van der Waals surface area (Å²) in [7, 11) is -1.43. The van der Waals surface area contributed by atoms with E-state index < -0.39 is 8.07 Å². The summed E-state index contributed by atoms with van der Waals surface area (Å²) in [6, 6.07) is 25.9. The SMILES string of the molecule is CCC(CC)C(=O)/C=C(\O)C(CC)CC.CC[Si](CC)(CC)c1ccc2c([se]c3c(-c4[c-]c5ccccc5c(C(C)(C)C)c4)nccc32)c1C.[Ir]. The average Bonchev–Trinajstić information content (AvgIpc) is 3.50. The van der Waals surface area contributed by atoms with Crippen LogP contribution in [0.5, 0.6) is 0 Å². The molecule has 0 saturated heterocycles. The second kappa shape index (κ2) is 18.6. The zero-order valence-electron chi connectivity index (χ0n) is 32.9. The molecule has 2 aromatic heterocycles. The van der Waals surface area contributed by atoms with Gasteiger partial charge >= 0.3 is 218 Å². The van der Waals surface area contributed by atoms with Crippen molar-refractivity contribution in [3.63, 3.8) is 0 Å². The van der Waals surface area contributed by atoms with E-state index in [0.717, 1.165) is 36.9 Å². The molecular weight excluding hydrogens is 886 g/mol. The van der Waals surface area contributed by atoms with Crippen molar-refractivity contribution < 1.29 is 30.0 Å². The Morgan fingerprint density at radius 3 is 2.00 bits per heavy atom. The van der Waals surface area contributed by atoms with Gasteiger partial charge in [0.15, 0.2) is 5.78 Å². The number of aryl methyl sites for hydroxylation is 1. The Morgan fingerprint density at radius 1 is 0.843 bits per heavy atom. The molecule has 0 amide bonds. The van der Waals surface area contributed by atoms with E-state index in [-0.39, 0.29) is 63.4 Å². The quantitative estimate of drug-likeness (QED) is 0.0587. The van der Waals surface area contributed by atoms with Crippen molar-refractivity contribution in [1.29, 1.82) is 0 Å². The number of aliphatic hydroxyl groups is 1. The van der Waals surface area contributed by atoms with E-state index in [4.69, 9.17) is 4.98 Å². The number of aromatic nitrogens is 1. The van der Waals surface area contributed by atoms with Crippen molar-refractivity contribution in [3.8, 4) is 11.3 Å². The van der Waals surface area contributed by atoms with Crippen LogP contribution >= 0.6 is 0 Å². The largest absolute Gasteiger partial charge is 0 e. The molecule has 0 aliphatic heterocycles. The predicted octanol–water partition coefficient (Wildman–Crippen LogP) is 12.3. The number of pyridine rings is 1. The summed E-state index contributed by atoms with van der Waals surface area (Å²) in [6.07, 6.45) is 6.91. The summed E-state index contributed by atoms with van der Waals surface area (Å²) in [4.78, 5) is 16.7. The summed E-state index contributed by atoms with van der Waals surface area (Å²) in [5, 5.41) is 16.8. The monoisotopic (exact) mass is 947 g/mol. The van der Waals surface area contributed by atoms with Crippen molar-refractivity contribution in [1.82, 2.24) is 4.98 Å². The normalized spacial score (nSPS) is 12.5. The maximum atomic E-state index is 11.7. The van der Waals surface area contributed by atoms with Crippen molar-refractivity contribution in [2.24, 2.45) is 11.8 Å². The number of fused-ring (bicyclic) bond motifs is 4.